The number of amides is 2. The van der Waals surface area contributed by atoms with E-state index in [-0.39, 0.29) is 19.1 Å². The first-order chi connectivity index (χ1) is 8.61. The molecule has 1 aromatic carbocycles. The molecule has 2 rings (SSSR count). The van der Waals surface area contributed by atoms with Crippen molar-refractivity contribution < 1.29 is 19.4 Å². The Labute approximate surface area is 104 Å². The van der Waals surface area contributed by atoms with Gasteiger partial charge in [-0.05, 0) is 12.1 Å². The predicted octanol–water partition coefficient (Wildman–Crippen LogP) is 1.24. The molecule has 0 aromatic heterocycles. The number of hydrogen-bond donors (Lipinski definition) is 2. The van der Waals surface area contributed by atoms with E-state index in [9.17, 15) is 9.59 Å². The summed E-state index contributed by atoms with van der Waals surface area (Å²) in [6.07, 6.45) is 0. The molecular formula is C12H14N2O4. The fourth-order valence-corrected chi connectivity index (χ4v) is 1.74. The van der Waals surface area contributed by atoms with Gasteiger partial charge in [0, 0.05) is 13.1 Å². The van der Waals surface area contributed by atoms with E-state index in [2.05, 4.69) is 5.32 Å². The lowest BCUT2D eigenvalue weighted by Crippen LogP contribution is -2.54. The molecule has 0 radical (unpaired) electrons. The topological polar surface area (TPSA) is 78.9 Å². The summed E-state index contributed by atoms with van der Waals surface area (Å²) in [7, 11) is 1.52. The van der Waals surface area contributed by atoms with E-state index >= 15 is 0 Å². The van der Waals surface area contributed by atoms with Crippen molar-refractivity contribution in [2.45, 2.75) is 0 Å². The standard InChI is InChI=1S/C12H14N2O4/c1-18-10-5-3-2-4-9(10)13-12(17)14-6-8(7-14)11(15)16/h2-5,8H,6-7H2,1H3,(H,13,17)(H,15,16). The van der Waals surface area contributed by atoms with Gasteiger partial charge in [-0.15, -0.1) is 0 Å². The third kappa shape index (κ3) is 2.37. The first kappa shape index (κ1) is 12.2. The summed E-state index contributed by atoms with van der Waals surface area (Å²) in [5, 5.41) is 11.4. The van der Waals surface area contributed by atoms with Crippen LogP contribution in [0.25, 0.3) is 0 Å². The predicted molar refractivity (Wildman–Crippen MR) is 64.7 cm³/mol. The fourth-order valence-electron chi connectivity index (χ4n) is 1.74. The van der Waals surface area contributed by atoms with Gasteiger partial charge in [-0.3, -0.25) is 4.79 Å². The summed E-state index contributed by atoms with van der Waals surface area (Å²) < 4.78 is 5.11. The maximum atomic E-state index is 11.8. The number of carbonyl (C=O) groups is 2. The van der Waals surface area contributed by atoms with Gasteiger partial charge in [-0.2, -0.15) is 0 Å². The number of benzene rings is 1. The van der Waals surface area contributed by atoms with Crippen LogP contribution in [0.2, 0.25) is 0 Å². The minimum Gasteiger partial charge on any atom is -0.495 e. The van der Waals surface area contributed by atoms with Gasteiger partial charge in [0.1, 0.15) is 5.75 Å². The van der Waals surface area contributed by atoms with E-state index in [1.165, 1.54) is 12.0 Å². The number of carboxylic acid groups (broad SMARTS) is 1. The van der Waals surface area contributed by atoms with Gasteiger partial charge < -0.3 is 20.1 Å². The lowest BCUT2D eigenvalue weighted by atomic mass is 10.0. The Kier molecular flexibility index (Phi) is 3.36. The molecule has 6 heteroatoms. The van der Waals surface area contributed by atoms with Crippen LogP contribution in [-0.2, 0) is 4.79 Å². The largest absolute Gasteiger partial charge is 0.495 e. The van der Waals surface area contributed by atoms with Crippen LogP contribution < -0.4 is 10.1 Å². The van der Waals surface area contributed by atoms with Gasteiger partial charge >= 0.3 is 12.0 Å². The van der Waals surface area contributed by atoms with Crippen molar-refractivity contribution in [3.63, 3.8) is 0 Å². The van der Waals surface area contributed by atoms with E-state index in [4.69, 9.17) is 9.84 Å². The summed E-state index contributed by atoms with van der Waals surface area (Å²) in [5.74, 6) is -0.745. The maximum Gasteiger partial charge on any atom is 0.321 e. The quantitative estimate of drug-likeness (QED) is 0.846. The fraction of sp³-hybridized carbons (Fsp3) is 0.333. The summed E-state index contributed by atoms with van der Waals surface area (Å²) >= 11 is 0. The average molecular weight is 250 g/mol. The molecule has 2 amide bonds. The summed E-state index contributed by atoms with van der Waals surface area (Å²) in [4.78, 5) is 23.9. The van der Waals surface area contributed by atoms with E-state index in [1.54, 1.807) is 24.3 Å². The smallest absolute Gasteiger partial charge is 0.321 e. The Morgan fingerprint density at radius 2 is 2.06 bits per heavy atom. The van der Waals surface area contributed by atoms with Gasteiger partial charge in [0.2, 0.25) is 0 Å². The number of para-hydroxylation sites is 2. The van der Waals surface area contributed by atoms with Crippen LogP contribution in [-0.4, -0.2) is 42.2 Å². The molecule has 6 nitrogen and oxygen atoms in total. The summed E-state index contributed by atoms with van der Waals surface area (Å²) in [6.45, 7) is 0.493. The SMILES string of the molecule is COc1ccccc1NC(=O)N1CC(C(=O)O)C1. The molecule has 1 aliphatic rings. The Morgan fingerprint density at radius 1 is 1.39 bits per heavy atom. The Bertz CT molecular complexity index is 469. The zero-order chi connectivity index (χ0) is 13.1. The van der Waals surface area contributed by atoms with Crippen molar-refractivity contribution in [2.24, 2.45) is 5.92 Å². The highest BCUT2D eigenvalue weighted by Gasteiger charge is 2.35. The molecule has 0 spiro atoms. The monoisotopic (exact) mass is 250 g/mol. The number of likely N-dealkylation sites (tertiary alicyclic amines) is 1. The van der Waals surface area contributed by atoms with E-state index in [0.717, 1.165) is 0 Å². The van der Waals surface area contributed by atoms with E-state index in [0.29, 0.717) is 11.4 Å². The number of methoxy groups -OCH3 is 1. The van der Waals surface area contributed by atoms with Gasteiger partial charge in [0.15, 0.2) is 0 Å². The molecule has 0 aliphatic carbocycles. The van der Waals surface area contributed by atoms with Gasteiger partial charge in [0.05, 0.1) is 18.7 Å². The number of nitrogens with one attached hydrogen (secondary N) is 1. The Hall–Kier alpha value is -2.24. The lowest BCUT2D eigenvalue weighted by Gasteiger charge is -2.36. The van der Waals surface area contributed by atoms with Crippen LogP contribution in [0, 0.1) is 5.92 Å². The molecule has 1 saturated heterocycles. The lowest BCUT2D eigenvalue weighted by molar-refractivity contribution is -0.145. The van der Waals surface area contributed by atoms with Crippen LogP contribution in [0.1, 0.15) is 0 Å². The zero-order valence-corrected chi connectivity index (χ0v) is 9.92. The minimum absolute atomic E-state index is 0.246. The van der Waals surface area contributed by atoms with E-state index < -0.39 is 11.9 Å². The number of aliphatic carboxylic acids is 1. The number of rotatable bonds is 3. The Morgan fingerprint density at radius 3 is 2.67 bits per heavy atom. The van der Waals surface area contributed by atoms with Crippen molar-refractivity contribution in [3.8, 4) is 5.75 Å². The molecule has 1 fully saturated rings. The second kappa shape index (κ2) is 4.95. The van der Waals surface area contributed by atoms with Crippen LogP contribution in [0.4, 0.5) is 10.5 Å². The zero-order valence-electron chi connectivity index (χ0n) is 9.92. The van der Waals surface area contributed by atoms with Gasteiger partial charge in [0.25, 0.3) is 0 Å². The van der Waals surface area contributed by atoms with Gasteiger partial charge in [-0.1, -0.05) is 12.1 Å². The molecule has 1 heterocycles. The van der Waals surface area contributed by atoms with Crippen molar-refractivity contribution in [1.82, 2.24) is 4.90 Å². The van der Waals surface area contributed by atoms with Crippen LogP contribution in [0.5, 0.6) is 5.75 Å². The number of ether oxygens (including phenoxy) is 1. The molecule has 96 valence electrons. The normalized spacial score (nSPS) is 14.8. The Balaban J connectivity index is 1.94. The minimum atomic E-state index is -0.864. The molecule has 1 aliphatic heterocycles. The molecule has 1 aromatic rings. The molecule has 2 N–H and O–H groups in total. The van der Waals surface area contributed by atoms with Crippen molar-refractivity contribution in [1.29, 1.82) is 0 Å². The third-order valence-corrected chi connectivity index (χ3v) is 2.87. The highest BCUT2D eigenvalue weighted by molar-refractivity contribution is 5.92. The van der Waals surface area contributed by atoms with Crippen molar-refractivity contribution >= 4 is 17.7 Å². The number of nitrogens with zero attached hydrogens (tertiary/aromatic N) is 1. The second-order valence-corrected chi connectivity index (χ2v) is 4.07. The number of urea groups is 1. The molecular weight excluding hydrogens is 236 g/mol. The van der Waals surface area contributed by atoms with Crippen LogP contribution in [0.15, 0.2) is 24.3 Å². The molecule has 0 unspecified atom stereocenters. The highest BCUT2D eigenvalue weighted by Crippen LogP contribution is 2.24. The average Bonchev–Trinajstić information content (AvgIpc) is 2.27. The molecule has 0 saturated carbocycles. The van der Waals surface area contributed by atoms with Gasteiger partial charge in [-0.25, -0.2) is 4.79 Å². The molecule has 0 bridgehead atoms. The van der Waals surface area contributed by atoms with Crippen LogP contribution >= 0.6 is 0 Å². The third-order valence-electron chi connectivity index (χ3n) is 2.87. The van der Waals surface area contributed by atoms with E-state index in [1.807, 2.05) is 0 Å². The van der Waals surface area contributed by atoms with Crippen LogP contribution in [0.3, 0.4) is 0 Å². The first-order valence-corrected chi connectivity index (χ1v) is 5.53. The molecule has 18 heavy (non-hydrogen) atoms. The summed E-state index contributed by atoms with van der Waals surface area (Å²) in [5.41, 5.74) is 0.573. The summed E-state index contributed by atoms with van der Waals surface area (Å²) in [6, 6.07) is 6.75. The highest BCUT2D eigenvalue weighted by atomic mass is 16.5. The number of hydrogen-bond acceptors (Lipinski definition) is 3. The maximum absolute atomic E-state index is 11.8. The van der Waals surface area contributed by atoms with Crippen molar-refractivity contribution in [2.75, 3.05) is 25.5 Å². The second-order valence-electron chi connectivity index (χ2n) is 4.07. The number of carbonyl (C=O) groups excluding carboxylic acids is 1. The number of carboxylic acids is 1. The first-order valence-electron chi connectivity index (χ1n) is 5.53. The number of anilines is 1. The molecule has 0 atom stereocenters. The van der Waals surface area contributed by atoms with Crippen molar-refractivity contribution in [3.05, 3.63) is 24.3 Å².